The molecule has 0 aliphatic carbocycles. The van der Waals surface area contributed by atoms with Gasteiger partial charge in [-0.1, -0.05) is 0 Å². The van der Waals surface area contributed by atoms with Gasteiger partial charge in [0.2, 0.25) is 11.8 Å². The second-order valence-corrected chi connectivity index (χ2v) is 5.39. The van der Waals surface area contributed by atoms with E-state index in [-0.39, 0.29) is 24.6 Å². The number of aliphatic hydroxyl groups excluding tert-OH is 1. The summed E-state index contributed by atoms with van der Waals surface area (Å²) < 4.78 is 8.93. The van der Waals surface area contributed by atoms with E-state index in [2.05, 4.69) is 45.4 Å². The fraction of sp³-hybridized carbons (Fsp3) is 0.692. The molecule has 0 saturated carbocycles. The standard InChI is InChI=1S/C13H22N2O7S2/c1-21-12(19)8(5-23)10(17)14-3-7(16)4-15-11(18)9(6-24)13(20)22-2/h7-9,16,23-24H,3-6H2,1-2H3,(H,14,17)(H,15,18). The van der Waals surface area contributed by atoms with Crippen molar-refractivity contribution in [2.24, 2.45) is 11.8 Å². The van der Waals surface area contributed by atoms with Crippen LogP contribution in [0.4, 0.5) is 0 Å². The molecule has 2 atom stereocenters. The third-order valence-electron chi connectivity index (χ3n) is 2.99. The van der Waals surface area contributed by atoms with Gasteiger partial charge in [-0.05, 0) is 0 Å². The van der Waals surface area contributed by atoms with Crippen molar-refractivity contribution in [1.82, 2.24) is 10.6 Å². The molecule has 3 N–H and O–H groups in total. The Morgan fingerprint density at radius 3 is 1.46 bits per heavy atom. The zero-order valence-electron chi connectivity index (χ0n) is 13.4. The summed E-state index contributed by atoms with van der Waals surface area (Å²) in [4.78, 5) is 46.2. The highest BCUT2D eigenvalue weighted by Gasteiger charge is 2.28. The summed E-state index contributed by atoms with van der Waals surface area (Å²) in [5.41, 5.74) is 0. The highest BCUT2D eigenvalue weighted by Crippen LogP contribution is 2.03. The van der Waals surface area contributed by atoms with Gasteiger partial charge < -0.3 is 25.2 Å². The fourth-order valence-corrected chi connectivity index (χ4v) is 2.20. The molecule has 2 amide bonds. The molecule has 0 heterocycles. The first-order chi connectivity index (χ1) is 11.3. The summed E-state index contributed by atoms with van der Waals surface area (Å²) in [6, 6.07) is 0. The molecule has 9 nitrogen and oxygen atoms in total. The van der Waals surface area contributed by atoms with Crippen LogP contribution in [0, 0.1) is 11.8 Å². The average Bonchev–Trinajstić information content (AvgIpc) is 2.58. The number of nitrogens with one attached hydrogen (secondary N) is 2. The van der Waals surface area contributed by atoms with E-state index in [0.717, 1.165) is 14.2 Å². The zero-order chi connectivity index (χ0) is 18.7. The molecule has 138 valence electrons. The Labute approximate surface area is 150 Å². The van der Waals surface area contributed by atoms with Crippen LogP contribution < -0.4 is 10.6 Å². The van der Waals surface area contributed by atoms with Crippen LogP contribution in [0.1, 0.15) is 0 Å². The number of methoxy groups -OCH3 is 2. The molecule has 2 unspecified atom stereocenters. The second kappa shape index (κ2) is 12.0. The van der Waals surface area contributed by atoms with Gasteiger partial charge in [0.25, 0.3) is 0 Å². The number of hydrogen-bond acceptors (Lipinski definition) is 9. The van der Waals surface area contributed by atoms with Crippen molar-refractivity contribution >= 4 is 49.0 Å². The average molecular weight is 382 g/mol. The maximum absolute atomic E-state index is 11.8. The van der Waals surface area contributed by atoms with E-state index in [1.165, 1.54) is 0 Å². The lowest BCUT2D eigenvalue weighted by Gasteiger charge is -2.17. The van der Waals surface area contributed by atoms with Crippen molar-refractivity contribution < 1.29 is 33.8 Å². The first-order valence-electron chi connectivity index (χ1n) is 6.93. The number of thiol groups is 2. The van der Waals surface area contributed by atoms with Gasteiger partial charge in [-0.25, -0.2) is 0 Å². The summed E-state index contributed by atoms with van der Waals surface area (Å²) in [7, 11) is 2.30. The van der Waals surface area contributed by atoms with Crippen molar-refractivity contribution in [2.75, 3.05) is 38.8 Å². The quantitative estimate of drug-likeness (QED) is 0.168. The number of ether oxygens (including phenoxy) is 2. The Hall–Kier alpha value is -1.46. The topological polar surface area (TPSA) is 131 Å². The summed E-state index contributed by atoms with van der Waals surface area (Å²) in [6.07, 6.45) is -1.12. The maximum atomic E-state index is 11.8. The van der Waals surface area contributed by atoms with E-state index in [9.17, 15) is 24.3 Å². The highest BCUT2D eigenvalue weighted by molar-refractivity contribution is 7.80. The number of hydrogen-bond donors (Lipinski definition) is 5. The molecule has 11 heteroatoms. The third-order valence-corrected chi connectivity index (χ3v) is 3.72. The molecule has 0 saturated heterocycles. The van der Waals surface area contributed by atoms with Crippen LogP contribution in [0.5, 0.6) is 0 Å². The molecule has 0 spiro atoms. The molecule has 0 bridgehead atoms. The molecular weight excluding hydrogens is 360 g/mol. The molecule has 0 radical (unpaired) electrons. The summed E-state index contributed by atoms with van der Waals surface area (Å²) in [5, 5.41) is 14.5. The van der Waals surface area contributed by atoms with Gasteiger partial charge in [0.15, 0.2) is 0 Å². The number of rotatable bonds is 10. The Kier molecular flexibility index (Phi) is 11.3. The monoisotopic (exact) mass is 382 g/mol. The van der Waals surface area contributed by atoms with Gasteiger partial charge in [0, 0.05) is 24.6 Å². The van der Waals surface area contributed by atoms with Gasteiger partial charge in [0.1, 0.15) is 11.8 Å². The lowest BCUT2D eigenvalue weighted by molar-refractivity contribution is -0.150. The Morgan fingerprint density at radius 1 is 0.875 bits per heavy atom. The SMILES string of the molecule is COC(=O)C(CS)C(=O)NCC(O)CNC(=O)C(CS)C(=O)OC. The molecule has 0 aromatic carbocycles. The molecule has 0 fully saturated rings. The molecule has 0 aliphatic rings. The van der Waals surface area contributed by atoms with Crippen LogP contribution in [0.2, 0.25) is 0 Å². The van der Waals surface area contributed by atoms with E-state index >= 15 is 0 Å². The maximum Gasteiger partial charge on any atom is 0.319 e. The fourth-order valence-electron chi connectivity index (χ4n) is 1.57. The van der Waals surface area contributed by atoms with Crippen molar-refractivity contribution in [3.8, 4) is 0 Å². The summed E-state index contributed by atoms with van der Waals surface area (Å²) in [5.74, 6) is -5.04. The first-order valence-corrected chi connectivity index (χ1v) is 8.19. The number of carbonyl (C=O) groups is 4. The predicted octanol–water partition coefficient (Wildman–Crippen LogP) is -1.98. The molecule has 0 rings (SSSR count). The normalized spacial score (nSPS) is 14.0. The van der Waals surface area contributed by atoms with Crippen LogP contribution in [0.3, 0.4) is 0 Å². The second-order valence-electron chi connectivity index (χ2n) is 4.66. The van der Waals surface area contributed by atoms with E-state index in [4.69, 9.17) is 0 Å². The van der Waals surface area contributed by atoms with E-state index in [1.54, 1.807) is 0 Å². The van der Waals surface area contributed by atoms with Gasteiger partial charge in [-0.3, -0.25) is 19.2 Å². The summed E-state index contributed by atoms with van der Waals surface area (Å²) in [6.45, 7) is -0.408. The first kappa shape index (κ1) is 22.5. The predicted molar refractivity (Wildman–Crippen MR) is 90.7 cm³/mol. The Balaban J connectivity index is 4.33. The van der Waals surface area contributed by atoms with Crippen LogP contribution in [-0.4, -0.2) is 73.8 Å². The molecule has 0 aromatic rings. The highest BCUT2D eigenvalue weighted by atomic mass is 32.1. The van der Waals surface area contributed by atoms with Gasteiger partial charge in [-0.15, -0.1) is 0 Å². The van der Waals surface area contributed by atoms with E-state index in [0.29, 0.717) is 0 Å². The number of esters is 2. The molecule has 24 heavy (non-hydrogen) atoms. The Bertz CT molecular complexity index is 422. The van der Waals surface area contributed by atoms with Gasteiger partial charge >= 0.3 is 11.9 Å². The third kappa shape index (κ3) is 7.41. The summed E-state index contributed by atoms with van der Waals surface area (Å²) >= 11 is 7.78. The zero-order valence-corrected chi connectivity index (χ0v) is 15.1. The molecule has 0 aromatic heterocycles. The number of amides is 2. The minimum atomic E-state index is -1.12. The number of aliphatic hydroxyl groups is 1. The minimum Gasteiger partial charge on any atom is -0.468 e. The smallest absolute Gasteiger partial charge is 0.319 e. The minimum absolute atomic E-state index is 0.0475. The van der Waals surface area contributed by atoms with Crippen molar-refractivity contribution in [3.05, 3.63) is 0 Å². The molecule has 0 aliphatic heterocycles. The van der Waals surface area contributed by atoms with E-state index < -0.39 is 41.7 Å². The largest absolute Gasteiger partial charge is 0.468 e. The van der Waals surface area contributed by atoms with Crippen LogP contribution in [0.25, 0.3) is 0 Å². The number of carbonyl (C=O) groups excluding carboxylic acids is 4. The van der Waals surface area contributed by atoms with Crippen molar-refractivity contribution in [3.63, 3.8) is 0 Å². The lowest BCUT2D eigenvalue weighted by Crippen LogP contribution is -2.45. The lowest BCUT2D eigenvalue weighted by atomic mass is 10.1. The van der Waals surface area contributed by atoms with Crippen LogP contribution in [0.15, 0.2) is 0 Å². The van der Waals surface area contributed by atoms with Crippen molar-refractivity contribution in [2.45, 2.75) is 6.10 Å². The van der Waals surface area contributed by atoms with Gasteiger partial charge in [-0.2, -0.15) is 25.3 Å². The Morgan fingerprint density at radius 2 is 1.21 bits per heavy atom. The molecular formula is C13H22N2O7S2. The van der Waals surface area contributed by atoms with Crippen LogP contribution in [-0.2, 0) is 28.7 Å². The van der Waals surface area contributed by atoms with Crippen LogP contribution >= 0.6 is 25.3 Å². The van der Waals surface area contributed by atoms with Gasteiger partial charge in [0.05, 0.1) is 20.3 Å². The van der Waals surface area contributed by atoms with Crippen molar-refractivity contribution in [1.29, 1.82) is 0 Å². The van der Waals surface area contributed by atoms with E-state index in [1.807, 2.05) is 0 Å².